The summed E-state index contributed by atoms with van der Waals surface area (Å²) in [4.78, 5) is 2.57. The van der Waals surface area contributed by atoms with Gasteiger partial charge in [-0.15, -0.1) is 0 Å². The second kappa shape index (κ2) is 10.3. The van der Waals surface area contributed by atoms with Crippen LogP contribution in [-0.2, 0) is 10.8 Å². The van der Waals surface area contributed by atoms with E-state index in [-0.39, 0.29) is 10.8 Å². The Hall–Kier alpha value is -4.88. The quantitative estimate of drug-likeness (QED) is 0.184. The number of hydrogen-bond donors (Lipinski definition) is 0. The summed E-state index contributed by atoms with van der Waals surface area (Å²) in [6, 6.07) is 53.3. The first-order chi connectivity index (χ1) is 24.5. The van der Waals surface area contributed by atoms with E-state index < -0.39 is 0 Å². The van der Waals surface area contributed by atoms with Crippen LogP contribution in [0.2, 0.25) is 0 Å². The summed E-state index contributed by atoms with van der Waals surface area (Å²) in [6.45, 7) is 4.75. The summed E-state index contributed by atoms with van der Waals surface area (Å²) in [5.41, 5.74) is 18.0. The standard InChI is InChI=1S/C49H43N/c1-48(2)43-17-9-6-16-40(43)42-29-36(21-23-44(42)48)50(47-19-11-8-14-38(47)33-12-4-3-5-13-33)37-20-22-41-39-15-7-10-18-45(39)49(46(41)30-37)34-25-31-24-32(27-34)28-35(49)26-31/h3-23,29-32,34-35H,24-28H2,1-2H3. The van der Waals surface area contributed by atoms with Crippen molar-refractivity contribution in [2.75, 3.05) is 4.90 Å². The highest BCUT2D eigenvalue weighted by Gasteiger charge is 2.61. The fourth-order valence-electron chi connectivity index (χ4n) is 12.1. The van der Waals surface area contributed by atoms with Gasteiger partial charge in [-0.25, -0.2) is 0 Å². The molecule has 4 bridgehead atoms. The van der Waals surface area contributed by atoms with Crippen molar-refractivity contribution in [1.29, 1.82) is 0 Å². The molecule has 0 aromatic heterocycles. The molecule has 6 aromatic carbocycles. The molecular formula is C49H43N. The minimum atomic E-state index is -0.0254. The lowest BCUT2D eigenvalue weighted by Gasteiger charge is -2.61. The minimum absolute atomic E-state index is 0.0254. The van der Waals surface area contributed by atoms with Crippen molar-refractivity contribution >= 4 is 17.1 Å². The maximum Gasteiger partial charge on any atom is 0.0540 e. The predicted octanol–water partition coefficient (Wildman–Crippen LogP) is 12.9. The molecule has 50 heavy (non-hydrogen) atoms. The van der Waals surface area contributed by atoms with Crippen LogP contribution < -0.4 is 4.90 Å². The summed E-state index contributed by atoms with van der Waals surface area (Å²) in [5, 5.41) is 0. The molecular weight excluding hydrogens is 603 g/mol. The van der Waals surface area contributed by atoms with Crippen LogP contribution in [0.25, 0.3) is 33.4 Å². The molecule has 0 unspecified atom stereocenters. The van der Waals surface area contributed by atoms with Gasteiger partial charge in [-0.05, 0) is 136 Å². The Morgan fingerprint density at radius 1 is 0.440 bits per heavy atom. The molecule has 0 aliphatic heterocycles. The SMILES string of the molecule is CC1(C)c2ccccc2-c2cc(N(c3ccc4c(c3)C3(c5ccccc5-4)C4CC5CC(C4)CC3C5)c3ccccc3-c3ccccc3)ccc21. The molecule has 0 atom stereocenters. The normalized spacial score (nSPS) is 25.6. The van der Waals surface area contributed by atoms with Gasteiger partial charge >= 0.3 is 0 Å². The van der Waals surface area contributed by atoms with Gasteiger partial charge in [0.05, 0.1) is 5.69 Å². The van der Waals surface area contributed by atoms with Crippen molar-refractivity contribution in [1.82, 2.24) is 0 Å². The number of nitrogens with zero attached hydrogens (tertiary/aromatic N) is 1. The highest BCUT2D eigenvalue weighted by molar-refractivity contribution is 5.93. The van der Waals surface area contributed by atoms with Crippen LogP contribution >= 0.6 is 0 Å². The highest BCUT2D eigenvalue weighted by Crippen LogP contribution is 2.69. The van der Waals surface area contributed by atoms with Gasteiger partial charge in [0.2, 0.25) is 0 Å². The van der Waals surface area contributed by atoms with Gasteiger partial charge in [0.25, 0.3) is 0 Å². The van der Waals surface area contributed by atoms with Crippen molar-refractivity contribution < 1.29 is 0 Å². The molecule has 4 saturated carbocycles. The minimum Gasteiger partial charge on any atom is -0.310 e. The maximum absolute atomic E-state index is 2.64. The fraction of sp³-hybridized carbons (Fsp3) is 0.265. The third-order valence-corrected chi connectivity index (χ3v) is 13.9. The van der Waals surface area contributed by atoms with Gasteiger partial charge < -0.3 is 4.90 Å². The molecule has 0 N–H and O–H groups in total. The van der Waals surface area contributed by atoms with Gasteiger partial charge in [0, 0.05) is 27.8 Å². The van der Waals surface area contributed by atoms with E-state index in [9.17, 15) is 0 Å². The Kier molecular flexibility index (Phi) is 5.97. The van der Waals surface area contributed by atoms with E-state index >= 15 is 0 Å². The van der Waals surface area contributed by atoms with E-state index in [0.717, 1.165) is 23.7 Å². The fourth-order valence-corrected chi connectivity index (χ4v) is 12.1. The molecule has 1 heteroatoms. The summed E-state index contributed by atoms with van der Waals surface area (Å²) in [7, 11) is 0. The second-order valence-electron chi connectivity index (χ2n) is 16.6. The first-order valence-corrected chi connectivity index (χ1v) is 18.9. The molecule has 1 spiro atoms. The van der Waals surface area contributed by atoms with Crippen molar-refractivity contribution in [3.63, 3.8) is 0 Å². The third kappa shape index (κ3) is 3.79. The summed E-state index contributed by atoms with van der Waals surface area (Å²) < 4.78 is 0. The molecule has 0 amide bonds. The number of rotatable bonds is 4. The zero-order chi connectivity index (χ0) is 33.2. The lowest BCUT2D eigenvalue weighted by Crippen LogP contribution is -2.55. The average molecular weight is 646 g/mol. The number of benzene rings is 6. The Morgan fingerprint density at radius 3 is 1.72 bits per heavy atom. The highest BCUT2D eigenvalue weighted by atomic mass is 15.1. The molecule has 4 fully saturated rings. The summed E-state index contributed by atoms with van der Waals surface area (Å²) in [5.74, 6) is 3.32. The third-order valence-electron chi connectivity index (χ3n) is 13.9. The number of hydrogen-bond acceptors (Lipinski definition) is 1. The molecule has 1 nitrogen and oxygen atoms in total. The molecule has 0 heterocycles. The zero-order valence-corrected chi connectivity index (χ0v) is 29.1. The van der Waals surface area contributed by atoms with Crippen molar-refractivity contribution in [2.24, 2.45) is 23.7 Å². The maximum atomic E-state index is 2.64. The second-order valence-corrected chi connectivity index (χ2v) is 16.6. The largest absolute Gasteiger partial charge is 0.310 e. The van der Waals surface area contributed by atoms with E-state index in [1.54, 1.807) is 11.1 Å². The van der Waals surface area contributed by atoms with E-state index in [1.165, 1.54) is 93.7 Å². The van der Waals surface area contributed by atoms with E-state index in [0.29, 0.717) is 0 Å². The van der Waals surface area contributed by atoms with Crippen LogP contribution in [0.5, 0.6) is 0 Å². The molecule has 6 aliphatic rings. The zero-order valence-electron chi connectivity index (χ0n) is 29.1. The van der Waals surface area contributed by atoms with Crippen LogP contribution in [-0.4, -0.2) is 0 Å². The van der Waals surface area contributed by atoms with Crippen LogP contribution in [0.3, 0.4) is 0 Å². The van der Waals surface area contributed by atoms with Gasteiger partial charge in [-0.2, -0.15) is 0 Å². The molecule has 6 aliphatic carbocycles. The monoisotopic (exact) mass is 645 g/mol. The first-order valence-electron chi connectivity index (χ1n) is 18.9. The van der Waals surface area contributed by atoms with Gasteiger partial charge in [0.1, 0.15) is 0 Å². The molecule has 12 rings (SSSR count). The molecule has 0 radical (unpaired) electrons. The van der Waals surface area contributed by atoms with Crippen molar-refractivity contribution in [2.45, 2.75) is 56.8 Å². The van der Waals surface area contributed by atoms with Crippen LogP contribution in [0.1, 0.15) is 68.2 Å². The summed E-state index contributed by atoms with van der Waals surface area (Å²) in [6.07, 6.45) is 7.05. The van der Waals surface area contributed by atoms with Gasteiger partial charge in [-0.1, -0.05) is 123 Å². The van der Waals surface area contributed by atoms with E-state index in [4.69, 9.17) is 0 Å². The Labute approximate surface area is 296 Å². The molecule has 244 valence electrons. The number of fused-ring (bicyclic) bond motifs is 6. The first kappa shape index (κ1) is 28.9. The lowest BCUT2D eigenvalue weighted by molar-refractivity contribution is -0.0399. The topological polar surface area (TPSA) is 3.24 Å². The van der Waals surface area contributed by atoms with Gasteiger partial charge in [0.15, 0.2) is 0 Å². The van der Waals surface area contributed by atoms with Crippen LogP contribution in [0.4, 0.5) is 17.1 Å². The van der Waals surface area contributed by atoms with Gasteiger partial charge in [-0.3, -0.25) is 0 Å². The Balaban J connectivity index is 1.16. The molecule has 6 aromatic rings. The smallest absolute Gasteiger partial charge is 0.0540 e. The lowest BCUT2D eigenvalue weighted by atomic mass is 9.43. The van der Waals surface area contributed by atoms with Crippen molar-refractivity contribution in [3.05, 3.63) is 162 Å². The van der Waals surface area contributed by atoms with Crippen LogP contribution in [0, 0.1) is 23.7 Å². The predicted molar refractivity (Wildman–Crippen MR) is 207 cm³/mol. The van der Waals surface area contributed by atoms with Crippen molar-refractivity contribution in [3.8, 4) is 33.4 Å². The number of anilines is 3. The molecule has 0 saturated heterocycles. The Bertz CT molecular complexity index is 2300. The summed E-state index contributed by atoms with van der Waals surface area (Å²) >= 11 is 0. The van der Waals surface area contributed by atoms with Crippen LogP contribution in [0.15, 0.2) is 140 Å². The Morgan fingerprint density at radius 2 is 0.980 bits per heavy atom. The van der Waals surface area contributed by atoms with E-state index in [2.05, 4.69) is 158 Å². The van der Waals surface area contributed by atoms with E-state index in [1.807, 2.05) is 0 Å². The average Bonchev–Trinajstić information content (AvgIpc) is 3.56. The number of para-hydroxylation sites is 1.